The van der Waals surface area contributed by atoms with Crippen molar-refractivity contribution >= 4 is 74.5 Å². The average molecular weight is 904 g/mol. The summed E-state index contributed by atoms with van der Waals surface area (Å²) in [6, 6.07) is 38.4. The van der Waals surface area contributed by atoms with Gasteiger partial charge in [0, 0.05) is 50.4 Å². The summed E-state index contributed by atoms with van der Waals surface area (Å²) in [5, 5.41) is 2.47. The van der Waals surface area contributed by atoms with E-state index in [9.17, 15) is 0 Å². The van der Waals surface area contributed by atoms with Gasteiger partial charge in [-0.25, -0.2) is 0 Å². The number of benzene rings is 5. The lowest BCUT2D eigenvalue weighted by atomic mass is 9.29. The van der Waals surface area contributed by atoms with Crippen LogP contribution in [0.15, 0.2) is 137 Å². The molecule has 13 rings (SSSR count). The van der Waals surface area contributed by atoms with Crippen molar-refractivity contribution < 1.29 is 4.42 Å². The van der Waals surface area contributed by atoms with Gasteiger partial charge in [0.05, 0.1) is 5.52 Å². The molecular weight excluding hydrogens is 838 g/mol. The highest BCUT2D eigenvalue weighted by atomic mass is 16.3. The van der Waals surface area contributed by atoms with Crippen LogP contribution >= 0.6 is 0 Å². The number of nitrogens with zero attached hydrogens (tertiary/aromatic N) is 3. The van der Waals surface area contributed by atoms with Gasteiger partial charge in [0.25, 0.3) is 0 Å². The Morgan fingerprint density at radius 3 is 2.00 bits per heavy atom. The van der Waals surface area contributed by atoms with Crippen LogP contribution in [0.2, 0.25) is 5.82 Å². The number of anilines is 4. The van der Waals surface area contributed by atoms with Crippen LogP contribution in [0.3, 0.4) is 0 Å². The number of aryl methyl sites for hydroxylation is 1. The maximum Gasteiger partial charge on any atom is 0.226 e. The van der Waals surface area contributed by atoms with E-state index in [4.69, 9.17) is 4.42 Å². The number of furan rings is 1. The van der Waals surface area contributed by atoms with Crippen molar-refractivity contribution in [2.75, 3.05) is 9.80 Å². The molecule has 2 aromatic heterocycles. The molecular formula is C64H66BN3O. The van der Waals surface area contributed by atoms with Gasteiger partial charge in [-0.2, -0.15) is 0 Å². The normalized spacial score (nSPS) is 21.2. The monoisotopic (exact) mass is 904 g/mol. The van der Waals surface area contributed by atoms with Crippen LogP contribution in [0.25, 0.3) is 39.8 Å². The van der Waals surface area contributed by atoms with Crippen molar-refractivity contribution in [3.05, 3.63) is 171 Å². The number of aromatic nitrogens is 1. The Morgan fingerprint density at radius 1 is 0.667 bits per heavy atom. The van der Waals surface area contributed by atoms with Crippen LogP contribution in [-0.2, 0) is 16.2 Å². The first-order chi connectivity index (χ1) is 33.0. The summed E-state index contributed by atoms with van der Waals surface area (Å²) >= 11 is 0. The predicted molar refractivity (Wildman–Crippen MR) is 293 cm³/mol. The fraction of sp³-hybridized carbons (Fsp3) is 0.344. The largest absolute Gasteiger partial charge is 0.454 e. The predicted octanol–water partition coefficient (Wildman–Crippen LogP) is 14.1. The highest BCUT2D eigenvalue weighted by molar-refractivity contribution is 6.91. The molecule has 2 aliphatic heterocycles. The molecule has 4 atom stereocenters. The third kappa shape index (κ3) is 6.54. The molecule has 0 amide bonds. The molecule has 7 aromatic rings. The third-order valence-corrected chi connectivity index (χ3v) is 16.9. The second-order valence-corrected chi connectivity index (χ2v) is 24.4. The van der Waals surface area contributed by atoms with Gasteiger partial charge in [0.2, 0.25) is 6.71 Å². The van der Waals surface area contributed by atoms with Gasteiger partial charge in [0.15, 0.2) is 5.58 Å². The fourth-order valence-electron chi connectivity index (χ4n) is 13.2. The van der Waals surface area contributed by atoms with Crippen LogP contribution in [0, 0.1) is 18.8 Å². The van der Waals surface area contributed by atoms with Crippen LogP contribution in [-0.4, -0.2) is 11.3 Å². The third-order valence-electron chi connectivity index (χ3n) is 16.9. The summed E-state index contributed by atoms with van der Waals surface area (Å²) in [6.45, 7) is 23.4. The summed E-state index contributed by atoms with van der Waals surface area (Å²) in [4.78, 5) is 5.30. The molecule has 0 bridgehead atoms. The highest BCUT2D eigenvalue weighted by Gasteiger charge is 2.53. The van der Waals surface area contributed by atoms with Crippen molar-refractivity contribution in [3.63, 3.8) is 0 Å². The Kier molecular flexibility index (Phi) is 9.26. The van der Waals surface area contributed by atoms with Gasteiger partial charge < -0.3 is 18.8 Å². The number of hydrogen-bond acceptors (Lipinski definition) is 3. The molecule has 4 aliphatic carbocycles. The van der Waals surface area contributed by atoms with Crippen LogP contribution in [0.1, 0.15) is 128 Å². The maximum atomic E-state index is 6.89. The Labute approximate surface area is 409 Å². The second-order valence-electron chi connectivity index (χ2n) is 24.4. The van der Waals surface area contributed by atoms with E-state index >= 15 is 0 Å². The molecule has 0 radical (unpaired) electrons. The topological polar surface area (TPSA) is 24.6 Å². The first-order valence-electron chi connectivity index (χ1n) is 26.0. The molecule has 346 valence electrons. The summed E-state index contributed by atoms with van der Waals surface area (Å²) in [5.74, 6) is 1.99. The Hall–Kier alpha value is -6.20. The van der Waals surface area contributed by atoms with Crippen molar-refractivity contribution in [2.45, 2.75) is 129 Å². The number of fused-ring (bicyclic) bond motifs is 10. The zero-order valence-electron chi connectivity index (χ0n) is 42.4. The molecule has 4 unspecified atom stereocenters. The number of hydrogen-bond donors (Lipinski definition) is 0. The highest BCUT2D eigenvalue weighted by Crippen LogP contribution is 2.62. The summed E-state index contributed by atoms with van der Waals surface area (Å²) < 4.78 is 9.50. The van der Waals surface area contributed by atoms with Crippen molar-refractivity contribution in [1.29, 1.82) is 0 Å². The van der Waals surface area contributed by atoms with Crippen molar-refractivity contribution in [1.82, 2.24) is 4.57 Å². The molecule has 4 nitrogen and oxygen atoms in total. The summed E-state index contributed by atoms with van der Waals surface area (Å²) in [5.41, 5.74) is 23.4. The minimum absolute atomic E-state index is 0.0276. The van der Waals surface area contributed by atoms with Gasteiger partial charge in [-0.1, -0.05) is 135 Å². The van der Waals surface area contributed by atoms with E-state index in [1.165, 1.54) is 113 Å². The van der Waals surface area contributed by atoms with Crippen LogP contribution in [0.5, 0.6) is 0 Å². The van der Waals surface area contributed by atoms with E-state index in [0.29, 0.717) is 17.8 Å². The summed E-state index contributed by atoms with van der Waals surface area (Å²) in [6.07, 6.45) is 20.3. The van der Waals surface area contributed by atoms with Crippen molar-refractivity contribution in [2.24, 2.45) is 11.8 Å². The maximum absolute atomic E-state index is 6.89. The first kappa shape index (κ1) is 42.9. The number of para-hydroxylation sites is 1. The molecule has 6 aliphatic rings. The zero-order chi connectivity index (χ0) is 47.5. The first-order valence-corrected chi connectivity index (χ1v) is 26.0. The zero-order valence-corrected chi connectivity index (χ0v) is 42.4. The minimum Gasteiger partial charge on any atom is -0.454 e. The lowest BCUT2D eigenvalue weighted by Gasteiger charge is -2.47. The van der Waals surface area contributed by atoms with Crippen LogP contribution < -0.4 is 31.4 Å². The lowest BCUT2D eigenvalue weighted by Crippen LogP contribution is -2.57. The Morgan fingerprint density at radius 2 is 1.33 bits per heavy atom. The molecule has 5 heteroatoms. The molecule has 0 N–H and O–H groups in total. The van der Waals surface area contributed by atoms with Gasteiger partial charge in [0.1, 0.15) is 10.9 Å². The van der Waals surface area contributed by atoms with E-state index in [1.807, 2.05) is 0 Å². The molecule has 1 saturated carbocycles. The smallest absolute Gasteiger partial charge is 0.226 e. The molecule has 1 fully saturated rings. The molecule has 69 heavy (non-hydrogen) atoms. The Balaban J connectivity index is 1.08. The van der Waals surface area contributed by atoms with Gasteiger partial charge in [-0.15, -0.1) is 0 Å². The fourth-order valence-corrected chi connectivity index (χ4v) is 13.2. The molecule has 4 heterocycles. The summed E-state index contributed by atoms with van der Waals surface area (Å²) in [7, 11) is 0. The van der Waals surface area contributed by atoms with Gasteiger partial charge in [-0.3, -0.25) is 0 Å². The lowest BCUT2D eigenvalue weighted by molar-refractivity contribution is 0.575. The number of rotatable bonds is 5. The van der Waals surface area contributed by atoms with E-state index in [1.54, 1.807) is 0 Å². The van der Waals surface area contributed by atoms with Crippen LogP contribution in [0.4, 0.5) is 22.7 Å². The second kappa shape index (κ2) is 14.9. The van der Waals surface area contributed by atoms with E-state index in [0.717, 1.165) is 30.3 Å². The van der Waals surface area contributed by atoms with Crippen molar-refractivity contribution in [3.8, 4) is 5.69 Å². The van der Waals surface area contributed by atoms with Gasteiger partial charge >= 0.3 is 0 Å². The van der Waals surface area contributed by atoms with E-state index in [2.05, 4.69) is 217 Å². The van der Waals surface area contributed by atoms with E-state index < -0.39 is 0 Å². The molecule has 0 spiro atoms. The van der Waals surface area contributed by atoms with Gasteiger partial charge in [-0.05, 0) is 178 Å². The molecule has 0 saturated heterocycles. The average Bonchev–Trinajstić information content (AvgIpc) is 3.79. The SMILES string of the molecule is Cc1cc2c3c(c1)-n1c4c(cccc4c4oc5c(c41)=CCCC=5)B3C1CC=C(N(c3ccc(C(C)(C)C)cc3)c3ccc(C(C)(C)C)cc3)C=C1N2c1ccc(C(C)(C)C)cc1C1C2C=CCCC21. The number of allylic oxidation sites excluding steroid dienone is 5. The quantitative estimate of drug-likeness (QED) is 0.127. The standard InChI is InChI=1S/C64H66BN3O/c1-38-34-54-58-55(35-38)68-59-48(61-60(68)47-18-13-14-21-56(47)69-61)19-15-20-51(59)65(58)50-32-31-44(66(42-27-22-39(23-28-42)62(2,3)4)43-29-24-40(25-30-43)63(5,6)7)37-53(50)67(54)52-33-26-41(64(8,9)10)36-49(52)57-45-16-11-12-17-46(45)57/h11,15-16,18-31,33-37,45-46,50,57H,12-14,17,32H2,1-10H3. The minimum atomic E-state index is 0.0276. The molecule has 5 aromatic carbocycles. The Bertz CT molecular complexity index is 3460. The van der Waals surface area contributed by atoms with E-state index in [-0.39, 0.29) is 28.8 Å².